The van der Waals surface area contributed by atoms with Crippen LogP contribution in [0.3, 0.4) is 0 Å². The summed E-state index contributed by atoms with van der Waals surface area (Å²) in [6, 6.07) is 6.37. The van der Waals surface area contributed by atoms with Crippen molar-refractivity contribution in [2.24, 2.45) is 0 Å². The van der Waals surface area contributed by atoms with Crippen LogP contribution in [0, 0.1) is 10.1 Å². The molecule has 0 aliphatic rings. The quantitative estimate of drug-likeness (QED) is 0.586. The summed E-state index contributed by atoms with van der Waals surface area (Å²) in [6.07, 6.45) is 2.00. The molecule has 0 atom stereocenters. The number of aromatic nitrogens is 1. The Kier molecular flexibility index (Phi) is 5.47. The van der Waals surface area contributed by atoms with Crippen molar-refractivity contribution in [3.05, 3.63) is 52.3 Å². The highest BCUT2D eigenvalue weighted by molar-refractivity contribution is 7.90. The van der Waals surface area contributed by atoms with Crippen molar-refractivity contribution in [3.63, 3.8) is 0 Å². The van der Waals surface area contributed by atoms with Gasteiger partial charge in [0.05, 0.1) is 23.4 Å². The number of ether oxygens (including phenoxy) is 1. The normalized spacial score (nSPS) is 11.4. The number of sulfone groups is 1. The van der Waals surface area contributed by atoms with Crippen LogP contribution < -0.4 is 10.1 Å². The van der Waals surface area contributed by atoms with Gasteiger partial charge < -0.3 is 10.1 Å². The van der Waals surface area contributed by atoms with Gasteiger partial charge in [-0.25, -0.2) is 8.42 Å². The van der Waals surface area contributed by atoms with Crippen molar-refractivity contribution in [2.75, 3.05) is 11.6 Å². The number of nitrogens with zero attached hydrogens (tertiary/aromatic N) is 2. The van der Waals surface area contributed by atoms with E-state index in [1.54, 1.807) is 0 Å². The van der Waals surface area contributed by atoms with Crippen LogP contribution in [0.5, 0.6) is 5.75 Å². The van der Waals surface area contributed by atoms with Gasteiger partial charge in [0.25, 0.3) is 5.69 Å². The fourth-order valence-corrected chi connectivity index (χ4v) is 2.82. The lowest BCUT2D eigenvalue weighted by atomic mass is 10.2. The minimum Gasteiger partial charge on any atom is -0.433 e. The molecule has 0 saturated carbocycles. The molecule has 11 heteroatoms. The number of rotatable bonds is 7. The van der Waals surface area contributed by atoms with E-state index in [9.17, 15) is 27.3 Å². The first-order valence-electron chi connectivity index (χ1n) is 6.79. The summed E-state index contributed by atoms with van der Waals surface area (Å²) >= 11 is 0. The van der Waals surface area contributed by atoms with Crippen molar-refractivity contribution in [1.29, 1.82) is 0 Å². The Hall–Kier alpha value is -2.82. The molecule has 0 amide bonds. The van der Waals surface area contributed by atoms with Gasteiger partial charge in [0.15, 0.2) is 9.84 Å². The summed E-state index contributed by atoms with van der Waals surface area (Å²) in [5, 5.41) is 13.8. The molecule has 25 heavy (non-hydrogen) atoms. The molecule has 0 bridgehead atoms. The third kappa shape index (κ3) is 5.08. The smallest absolute Gasteiger partial charge is 0.387 e. The molecule has 0 saturated heterocycles. The molecule has 2 rings (SSSR count). The lowest BCUT2D eigenvalue weighted by Crippen LogP contribution is -2.06. The van der Waals surface area contributed by atoms with Crippen LogP contribution in [0.15, 0.2) is 41.4 Å². The van der Waals surface area contributed by atoms with Gasteiger partial charge in [-0.2, -0.15) is 8.78 Å². The van der Waals surface area contributed by atoms with Crippen LogP contribution in [0.4, 0.5) is 20.2 Å². The minimum absolute atomic E-state index is 0.0894. The number of hydrogen-bond donors (Lipinski definition) is 1. The van der Waals surface area contributed by atoms with E-state index < -0.39 is 32.0 Å². The van der Waals surface area contributed by atoms with Gasteiger partial charge in [0.1, 0.15) is 10.6 Å². The lowest BCUT2D eigenvalue weighted by molar-refractivity contribution is -0.387. The molecule has 0 aliphatic carbocycles. The third-order valence-electron chi connectivity index (χ3n) is 3.05. The van der Waals surface area contributed by atoms with Gasteiger partial charge in [0.2, 0.25) is 0 Å². The SMILES string of the molecule is CS(=O)(=O)c1cc(NCc2ccc(OC(F)F)cn2)ccc1[N+](=O)[O-]. The number of halogens is 2. The minimum atomic E-state index is -3.79. The van der Waals surface area contributed by atoms with Crippen molar-refractivity contribution in [2.45, 2.75) is 18.1 Å². The third-order valence-corrected chi connectivity index (χ3v) is 4.18. The second kappa shape index (κ2) is 7.38. The van der Waals surface area contributed by atoms with E-state index in [1.807, 2.05) is 0 Å². The number of benzene rings is 1. The van der Waals surface area contributed by atoms with Gasteiger partial charge in [-0.1, -0.05) is 0 Å². The van der Waals surface area contributed by atoms with Gasteiger partial charge >= 0.3 is 6.61 Å². The number of nitrogens with one attached hydrogen (secondary N) is 1. The fourth-order valence-electron chi connectivity index (χ4n) is 1.95. The van der Waals surface area contributed by atoms with Gasteiger partial charge in [-0.15, -0.1) is 0 Å². The standard InChI is InChI=1S/C14H13F2N3O5S/c1-25(22,23)13-6-9(3-5-12(13)19(20)21)17-7-10-2-4-11(8-18-10)24-14(15)16/h2-6,8,14,17H,7H2,1H3. The zero-order valence-electron chi connectivity index (χ0n) is 12.8. The Bertz CT molecular complexity index is 873. The van der Waals surface area contributed by atoms with Gasteiger partial charge in [0, 0.05) is 18.0 Å². The van der Waals surface area contributed by atoms with E-state index in [1.165, 1.54) is 18.2 Å². The molecule has 1 aromatic carbocycles. The second-order valence-corrected chi connectivity index (χ2v) is 6.91. The zero-order valence-corrected chi connectivity index (χ0v) is 13.7. The topological polar surface area (TPSA) is 111 Å². The second-order valence-electron chi connectivity index (χ2n) is 4.93. The first kappa shape index (κ1) is 18.5. The molecular weight excluding hydrogens is 360 g/mol. The number of nitro groups is 1. The van der Waals surface area contributed by atoms with E-state index >= 15 is 0 Å². The molecule has 1 heterocycles. The Morgan fingerprint density at radius 2 is 2.04 bits per heavy atom. The molecule has 0 spiro atoms. The molecule has 0 fully saturated rings. The molecule has 2 aromatic rings. The summed E-state index contributed by atoms with van der Waals surface area (Å²) in [5.41, 5.74) is 0.293. The first-order valence-corrected chi connectivity index (χ1v) is 8.68. The van der Waals surface area contributed by atoms with Crippen LogP contribution in [0.1, 0.15) is 5.69 Å². The number of nitro benzene ring substituents is 1. The number of anilines is 1. The summed E-state index contributed by atoms with van der Waals surface area (Å²) in [4.78, 5) is 13.6. The van der Waals surface area contributed by atoms with Crippen molar-refractivity contribution in [3.8, 4) is 5.75 Å². The Morgan fingerprint density at radius 1 is 1.32 bits per heavy atom. The van der Waals surface area contributed by atoms with Crippen LogP contribution in [0.2, 0.25) is 0 Å². The Labute approximate surface area is 141 Å². The average Bonchev–Trinajstić information content (AvgIpc) is 2.52. The van der Waals surface area contributed by atoms with Crippen molar-refractivity contribution >= 4 is 21.2 Å². The van der Waals surface area contributed by atoms with E-state index in [0.717, 1.165) is 24.6 Å². The van der Waals surface area contributed by atoms with Crippen molar-refractivity contribution < 1.29 is 26.9 Å². The lowest BCUT2D eigenvalue weighted by Gasteiger charge is -2.09. The summed E-state index contributed by atoms with van der Waals surface area (Å²) in [7, 11) is -3.79. The fraction of sp³-hybridized carbons (Fsp3) is 0.214. The molecule has 0 unspecified atom stereocenters. The number of hydrogen-bond acceptors (Lipinski definition) is 7. The maximum Gasteiger partial charge on any atom is 0.387 e. The predicted molar refractivity (Wildman–Crippen MR) is 84.4 cm³/mol. The zero-order chi connectivity index (χ0) is 18.6. The predicted octanol–water partition coefficient (Wildman–Crippen LogP) is 2.61. The van der Waals surface area contributed by atoms with Gasteiger partial charge in [-0.3, -0.25) is 15.1 Å². The van der Waals surface area contributed by atoms with Crippen LogP contribution in [0.25, 0.3) is 0 Å². The highest BCUT2D eigenvalue weighted by Crippen LogP contribution is 2.27. The monoisotopic (exact) mass is 373 g/mol. The summed E-state index contributed by atoms with van der Waals surface area (Å²) in [5.74, 6) is -0.0894. The maximum absolute atomic E-state index is 12.1. The number of alkyl halides is 2. The molecule has 0 radical (unpaired) electrons. The first-order chi connectivity index (χ1) is 11.7. The molecule has 1 N–H and O–H groups in total. The Morgan fingerprint density at radius 3 is 2.56 bits per heavy atom. The van der Waals surface area contributed by atoms with Crippen LogP contribution in [-0.4, -0.2) is 31.2 Å². The maximum atomic E-state index is 12.1. The van der Waals surface area contributed by atoms with E-state index in [4.69, 9.17) is 0 Å². The van der Waals surface area contributed by atoms with E-state index in [2.05, 4.69) is 15.0 Å². The highest BCUT2D eigenvalue weighted by Gasteiger charge is 2.22. The van der Waals surface area contributed by atoms with Crippen LogP contribution >= 0.6 is 0 Å². The number of pyridine rings is 1. The average molecular weight is 373 g/mol. The highest BCUT2D eigenvalue weighted by atomic mass is 32.2. The van der Waals surface area contributed by atoms with Gasteiger partial charge in [-0.05, 0) is 24.3 Å². The molecular formula is C14H13F2N3O5S. The largest absolute Gasteiger partial charge is 0.433 e. The molecule has 134 valence electrons. The molecule has 1 aromatic heterocycles. The molecule has 0 aliphatic heterocycles. The van der Waals surface area contributed by atoms with E-state index in [-0.39, 0.29) is 12.3 Å². The van der Waals surface area contributed by atoms with Crippen molar-refractivity contribution in [1.82, 2.24) is 4.98 Å². The van der Waals surface area contributed by atoms with Crippen LogP contribution in [-0.2, 0) is 16.4 Å². The summed E-state index contributed by atoms with van der Waals surface area (Å²) in [6.45, 7) is -2.80. The molecule has 8 nitrogen and oxygen atoms in total. The van der Waals surface area contributed by atoms with E-state index in [0.29, 0.717) is 11.4 Å². The Balaban J connectivity index is 2.14. The summed E-state index contributed by atoms with van der Waals surface area (Å²) < 4.78 is 51.7.